The zero-order valence-corrected chi connectivity index (χ0v) is 11.9. The van der Waals surface area contributed by atoms with E-state index in [1.165, 1.54) is 37.5 Å². The maximum atomic E-state index is 12.0. The molecule has 21 heavy (non-hydrogen) atoms. The lowest BCUT2D eigenvalue weighted by Gasteiger charge is -2.07. The first-order valence-corrected chi connectivity index (χ1v) is 7.44. The highest BCUT2D eigenvalue weighted by Gasteiger charge is 2.13. The molecule has 1 aromatic carbocycles. The minimum atomic E-state index is -3.58. The summed E-state index contributed by atoms with van der Waals surface area (Å²) in [5, 5.41) is 2.54. The summed E-state index contributed by atoms with van der Waals surface area (Å²) in [6.45, 7) is 0. The second-order valence-corrected chi connectivity index (χ2v) is 6.02. The van der Waals surface area contributed by atoms with Crippen LogP contribution in [-0.2, 0) is 10.0 Å². The lowest BCUT2D eigenvalue weighted by molar-refractivity contribution is 0.102. The Morgan fingerprint density at radius 2 is 1.95 bits per heavy atom. The molecular formula is C13H13N3O4S. The Labute approximate surface area is 121 Å². The van der Waals surface area contributed by atoms with Gasteiger partial charge in [0.05, 0.1) is 4.90 Å². The third-order valence-corrected chi connectivity index (χ3v) is 4.12. The number of aromatic amines is 1. The number of sulfonamides is 1. The summed E-state index contributed by atoms with van der Waals surface area (Å²) in [5.74, 6) is -0.500. The SMILES string of the molecule is CNS(=O)(=O)c1cccc(NC(=O)c2cc[nH]c(=O)c2)c1. The number of H-pyrrole nitrogens is 1. The number of carbonyl (C=O) groups is 1. The second-order valence-electron chi connectivity index (χ2n) is 4.13. The molecule has 0 spiro atoms. The number of amides is 1. The van der Waals surface area contributed by atoms with E-state index in [-0.39, 0.29) is 10.5 Å². The first-order valence-electron chi connectivity index (χ1n) is 5.96. The van der Waals surface area contributed by atoms with Crippen LogP contribution in [0.15, 0.2) is 52.3 Å². The first kappa shape index (κ1) is 14.9. The first-order chi connectivity index (χ1) is 9.92. The molecule has 2 aromatic rings. The third kappa shape index (κ3) is 3.56. The van der Waals surface area contributed by atoms with Crippen molar-refractivity contribution in [3.8, 4) is 0 Å². The number of pyridine rings is 1. The Hall–Kier alpha value is -2.45. The van der Waals surface area contributed by atoms with E-state index in [0.29, 0.717) is 5.69 Å². The molecule has 1 amide bonds. The smallest absolute Gasteiger partial charge is 0.255 e. The standard InChI is InChI=1S/C13H13N3O4S/c1-14-21(19,20)11-4-2-3-10(8-11)16-13(18)9-5-6-15-12(17)7-9/h2-8,14H,1H3,(H,15,17)(H,16,18). The molecule has 110 valence electrons. The summed E-state index contributed by atoms with van der Waals surface area (Å²) in [4.78, 5) is 25.6. The molecule has 2 rings (SSSR count). The molecule has 0 aliphatic rings. The molecule has 0 unspecified atom stereocenters. The fourth-order valence-corrected chi connectivity index (χ4v) is 2.42. The van der Waals surface area contributed by atoms with Crippen LogP contribution in [0, 0.1) is 0 Å². The van der Waals surface area contributed by atoms with E-state index in [2.05, 4.69) is 15.0 Å². The van der Waals surface area contributed by atoms with Crippen LogP contribution in [0.4, 0.5) is 5.69 Å². The van der Waals surface area contributed by atoms with Crippen LogP contribution >= 0.6 is 0 Å². The average molecular weight is 307 g/mol. The number of hydrogen-bond acceptors (Lipinski definition) is 4. The van der Waals surface area contributed by atoms with Crippen LogP contribution in [0.3, 0.4) is 0 Å². The van der Waals surface area contributed by atoms with Gasteiger partial charge in [0.25, 0.3) is 5.91 Å². The molecule has 1 aromatic heterocycles. The molecule has 0 saturated heterocycles. The van der Waals surface area contributed by atoms with Crippen molar-refractivity contribution in [2.45, 2.75) is 4.90 Å². The maximum absolute atomic E-state index is 12.0. The van der Waals surface area contributed by atoms with Gasteiger partial charge in [0.2, 0.25) is 15.6 Å². The van der Waals surface area contributed by atoms with Crippen molar-refractivity contribution in [2.24, 2.45) is 0 Å². The summed E-state index contributed by atoms with van der Waals surface area (Å²) >= 11 is 0. The molecule has 0 radical (unpaired) electrons. The van der Waals surface area contributed by atoms with Crippen LogP contribution in [0.5, 0.6) is 0 Å². The van der Waals surface area contributed by atoms with E-state index < -0.39 is 21.5 Å². The number of carbonyl (C=O) groups excluding carboxylic acids is 1. The largest absolute Gasteiger partial charge is 0.329 e. The minimum Gasteiger partial charge on any atom is -0.329 e. The zero-order valence-electron chi connectivity index (χ0n) is 11.1. The van der Waals surface area contributed by atoms with E-state index in [1.54, 1.807) is 6.07 Å². The molecule has 0 fully saturated rings. The molecule has 0 bridgehead atoms. The van der Waals surface area contributed by atoms with E-state index in [0.717, 1.165) is 6.07 Å². The van der Waals surface area contributed by atoms with Crippen LogP contribution in [0.25, 0.3) is 0 Å². The van der Waals surface area contributed by atoms with Crippen molar-refractivity contribution in [3.05, 3.63) is 58.5 Å². The summed E-state index contributed by atoms with van der Waals surface area (Å²) in [6, 6.07) is 8.41. The lowest BCUT2D eigenvalue weighted by Crippen LogP contribution is -2.19. The minimum absolute atomic E-state index is 0.0358. The van der Waals surface area contributed by atoms with Gasteiger partial charge >= 0.3 is 0 Å². The highest BCUT2D eigenvalue weighted by atomic mass is 32.2. The van der Waals surface area contributed by atoms with Crippen molar-refractivity contribution in [2.75, 3.05) is 12.4 Å². The van der Waals surface area contributed by atoms with Crippen molar-refractivity contribution >= 4 is 21.6 Å². The van der Waals surface area contributed by atoms with Gasteiger partial charge in [-0.05, 0) is 31.3 Å². The molecule has 0 aliphatic carbocycles. The molecule has 8 heteroatoms. The van der Waals surface area contributed by atoms with Crippen molar-refractivity contribution < 1.29 is 13.2 Å². The average Bonchev–Trinajstić information content (AvgIpc) is 2.47. The predicted molar refractivity (Wildman–Crippen MR) is 77.7 cm³/mol. The quantitative estimate of drug-likeness (QED) is 0.766. The summed E-state index contributed by atoms with van der Waals surface area (Å²) in [5.41, 5.74) is 0.103. The van der Waals surface area contributed by atoms with E-state index in [9.17, 15) is 18.0 Å². The number of nitrogens with one attached hydrogen (secondary N) is 3. The normalized spacial score (nSPS) is 11.1. The third-order valence-electron chi connectivity index (χ3n) is 2.71. The van der Waals surface area contributed by atoms with Crippen LogP contribution in [0.2, 0.25) is 0 Å². The highest BCUT2D eigenvalue weighted by molar-refractivity contribution is 7.89. The van der Waals surface area contributed by atoms with E-state index in [4.69, 9.17) is 0 Å². The Kier molecular flexibility index (Phi) is 4.20. The zero-order chi connectivity index (χ0) is 15.5. The number of benzene rings is 1. The van der Waals surface area contributed by atoms with Crippen molar-refractivity contribution in [3.63, 3.8) is 0 Å². The van der Waals surface area contributed by atoms with Gasteiger partial charge in [-0.2, -0.15) is 0 Å². The molecule has 1 heterocycles. The van der Waals surface area contributed by atoms with Crippen molar-refractivity contribution in [1.82, 2.24) is 9.71 Å². The topological polar surface area (TPSA) is 108 Å². The fourth-order valence-electron chi connectivity index (χ4n) is 1.65. The molecule has 0 saturated carbocycles. The summed E-state index contributed by atoms with van der Waals surface area (Å²) in [6.07, 6.45) is 1.36. The second kappa shape index (κ2) is 5.90. The molecule has 7 nitrogen and oxygen atoms in total. The lowest BCUT2D eigenvalue weighted by atomic mass is 10.2. The number of hydrogen-bond donors (Lipinski definition) is 3. The van der Waals surface area contributed by atoms with E-state index >= 15 is 0 Å². The van der Waals surface area contributed by atoms with Gasteiger partial charge in [-0.1, -0.05) is 6.07 Å². The fraction of sp³-hybridized carbons (Fsp3) is 0.0769. The van der Waals surface area contributed by atoms with Crippen molar-refractivity contribution in [1.29, 1.82) is 0 Å². The molecular weight excluding hydrogens is 294 g/mol. The van der Waals surface area contributed by atoms with Gasteiger partial charge < -0.3 is 10.3 Å². The number of aromatic nitrogens is 1. The molecule has 3 N–H and O–H groups in total. The maximum Gasteiger partial charge on any atom is 0.255 e. The summed E-state index contributed by atoms with van der Waals surface area (Å²) < 4.78 is 25.6. The highest BCUT2D eigenvalue weighted by Crippen LogP contribution is 2.15. The Morgan fingerprint density at radius 3 is 2.62 bits per heavy atom. The van der Waals surface area contributed by atoms with Crippen LogP contribution in [0.1, 0.15) is 10.4 Å². The van der Waals surface area contributed by atoms with Gasteiger partial charge in [-0.25, -0.2) is 13.1 Å². The van der Waals surface area contributed by atoms with Gasteiger partial charge in [-0.3, -0.25) is 9.59 Å². The number of rotatable bonds is 4. The van der Waals surface area contributed by atoms with Gasteiger partial charge in [0.15, 0.2) is 0 Å². The Balaban J connectivity index is 2.26. The predicted octanol–water partition coefficient (Wildman–Crippen LogP) is 0.535. The number of anilines is 1. The molecule has 0 atom stereocenters. The van der Waals surface area contributed by atoms with E-state index in [1.807, 2.05) is 0 Å². The molecule has 0 aliphatic heterocycles. The summed E-state index contributed by atoms with van der Waals surface area (Å²) in [7, 11) is -2.28. The van der Waals surface area contributed by atoms with Gasteiger partial charge in [0, 0.05) is 23.5 Å². The Bertz CT molecular complexity index is 827. The van der Waals surface area contributed by atoms with Crippen LogP contribution < -0.4 is 15.6 Å². The van der Waals surface area contributed by atoms with Gasteiger partial charge in [0.1, 0.15) is 0 Å². The Morgan fingerprint density at radius 1 is 1.19 bits per heavy atom. The van der Waals surface area contributed by atoms with Gasteiger partial charge in [-0.15, -0.1) is 0 Å². The monoisotopic (exact) mass is 307 g/mol. The van der Waals surface area contributed by atoms with Crippen LogP contribution in [-0.4, -0.2) is 26.4 Å².